The van der Waals surface area contributed by atoms with E-state index in [0.717, 1.165) is 23.9 Å². The van der Waals surface area contributed by atoms with Crippen LogP contribution in [0.15, 0.2) is 64.4 Å². The Hall–Kier alpha value is -2.98. The van der Waals surface area contributed by atoms with E-state index in [2.05, 4.69) is 0 Å². The molecule has 0 aliphatic carbocycles. The molecule has 0 spiro atoms. The predicted octanol–water partition coefficient (Wildman–Crippen LogP) is 6.92. The quantitative estimate of drug-likeness (QED) is 0.206. The summed E-state index contributed by atoms with van der Waals surface area (Å²) in [6.07, 6.45) is 0. The van der Waals surface area contributed by atoms with Crippen molar-refractivity contribution in [3.63, 3.8) is 0 Å². The van der Waals surface area contributed by atoms with Crippen molar-refractivity contribution in [1.82, 2.24) is 0 Å². The van der Waals surface area contributed by atoms with E-state index >= 15 is 0 Å². The highest BCUT2D eigenvalue weighted by atomic mass is 35.5. The maximum atomic E-state index is 13.6. The van der Waals surface area contributed by atoms with Crippen molar-refractivity contribution in [2.45, 2.75) is 9.79 Å². The van der Waals surface area contributed by atoms with Gasteiger partial charge in [-0.1, -0.05) is 53.2 Å². The summed E-state index contributed by atoms with van der Waals surface area (Å²) in [6, 6.07) is 12.4. The lowest BCUT2D eigenvalue weighted by molar-refractivity contribution is -0.386. The van der Waals surface area contributed by atoms with Gasteiger partial charge >= 0.3 is 19.2 Å². The number of hydrogen-bond donors (Lipinski definition) is 0. The molecule has 0 radical (unpaired) electrons. The van der Waals surface area contributed by atoms with Crippen LogP contribution in [0.4, 0.5) is 11.4 Å². The Morgan fingerprint density at radius 3 is 1.75 bits per heavy atom. The molecule has 0 aromatic heterocycles. The molecule has 0 amide bonds. The van der Waals surface area contributed by atoms with Crippen LogP contribution >= 0.6 is 42.8 Å². The van der Waals surface area contributed by atoms with Crippen molar-refractivity contribution in [3.8, 4) is 17.2 Å². The van der Waals surface area contributed by atoms with Crippen molar-refractivity contribution in [1.29, 1.82) is 0 Å². The number of hydrogen-bond acceptors (Lipinski definition) is 9. The van der Waals surface area contributed by atoms with Gasteiger partial charge in [0.05, 0.1) is 19.6 Å². The molecule has 0 N–H and O–H groups in total. The molecule has 32 heavy (non-hydrogen) atoms. The summed E-state index contributed by atoms with van der Waals surface area (Å²) in [6.45, 7) is 0. The Kier molecular flexibility index (Phi) is 5.91. The second-order valence-electron chi connectivity index (χ2n) is 6.15. The van der Waals surface area contributed by atoms with E-state index in [4.69, 9.17) is 36.8 Å². The third-order valence-corrected chi connectivity index (χ3v) is 6.71. The second kappa shape index (κ2) is 8.51. The number of phosphoric ester groups is 1. The molecule has 164 valence electrons. The lowest BCUT2D eigenvalue weighted by atomic mass is 10.3. The van der Waals surface area contributed by atoms with Crippen molar-refractivity contribution >= 4 is 54.2 Å². The van der Waals surface area contributed by atoms with Crippen molar-refractivity contribution in [3.05, 3.63) is 84.9 Å². The maximum absolute atomic E-state index is 13.6. The Morgan fingerprint density at radius 2 is 1.31 bits per heavy atom. The average molecular weight is 515 g/mol. The number of fused-ring (bicyclic) bond motifs is 2. The number of phosphoric acid groups is 1. The first kappa shape index (κ1) is 22.2. The highest BCUT2D eigenvalue weighted by molar-refractivity contribution is 7.99. The maximum Gasteiger partial charge on any atom is 0.647 e. The molecule has 3 aromatic carbocycles. The van der Waals surface area contributed by atoms with E-state index in [1.165, 1.54) is 24.3 Å². The van der Waals surface area contributed by atoms with Crippen molar-refractivity contribution < 1.29 is 28.0 Å². The SMILES string of the molecule is O=[N+]([O-])c1cc(Cl)cc2c1OP(=O)(Oc1ccccc1)Oc1c(cc(Cl)cc1[N+](=O)[O-])S2. The predicted molar refractivity (Wildman–Crippen MR) is 116 cm³/mol. The van der Waals surface area contributed by atoms with Gasteiger partial charge < -0.3 is 13.6 Å². The van der Waals surface area contributed by atoms with Crippen LogP contribution in [-0.2, 0) is 4.57 Å². The normalized spacial score (nSPS) is 13.9. The van der Waals surface area contributed by atoms with Crippen LogP contribution in [0.1, 0.15) is 0 Å². The molecule has 0 bridgehead atoms. The van der Waals surface area contributed by atoms with E-state index in [1.807, 2.05) is 0 Å². The smallest absolute Gasteiger partial charge is 0.386 e. The van der Waals surface area contributed by atoms with Crippen LogP contribution in [0.25, 0.3) is 0 Å². The molecule has 1 aliphatic heterocycles. The van der Waals surface area contributed by atoms with Gasteiger partial charge in [-0.05, 0) is 24.3 Å². The molecule has 1 aliphatic rings. The topological polar surface area (TPSA) is 131 Å². The zero-order chi connectivity index (χ0) is 23.0. The third kappa shape index (κ3) is 4.46. The first-order valence-electron chi connectivity index (χ1n) is 8.53. The number of nitrogens with zero attached hydrogens (tertiary/aromatic N) is 2. The van der Waals surface area contributed by atoms with Gasteiger partial charge in [-0.15, -0.1) is 0 Å². The molecular weight excluding hydrogens is 506 g/mol. The van der Waals surface area contributed by atoms with Gasteiger partial charge in [-0.2, -0.15) is 4.57 Å². The minimum Gasteiger partial charge on any atom is -0.386 e. The fourth-order valence-electron chi connectivity index (χ4n) is 2.72. The van der Waals surface area contributed by atoms with E-state index in [-0.39, 0.29) is 25.6 Å². The van der Waals surface area contributed by atoms with Gasteiger partial charge in [0.25, 0.3) is 0 Å². The highest BCUT2D eigenvalue weighted by Crippen LogP contribution is 2.60. The monoisotopic (exact) mass is 514 g/mol. The van der Waals surface area contributed by atoms with Crippen LogP contribution in [0.3, 0.4) is 0 Å². The van der Waals surface area contributed by atoms with Gasteiger partial charge in [-0.25, -0.2) is 0 Å². The number of nitro benzene ring substituents is 2. The molecule has 0 saturated carbocycles. The van der Waals surface area contributed by atoms with Crippen LogP contribution in [0, 0.1) is 20.2 Å². The molecule has 14 heteroatoms. The van der Waals surface area contributed by atoms with Gasteiger partial charge in [0.2, 0.25) is 11.5 Å². The lowest BCUT2D eigenvalue weighted by Gasteiger charge is -2.24. The summed E-state index contributed by atoms with van der Waals surface area (Å²) in [5, 5.41) is 23.2. The zero-order valence-electron chi connectivity index (χ0n) is 15.5. The second-order valence-corrected chi connectivity index (χ2v) is 9.55. The molecule has 3 aromatic rings. The van der Waals surface area contributed by atoms with Gasteiger partial charge in [0, 0.05) is 22.2 Å². The highest BCUT2D eigenvalue weighted by Gasteiger charge is 2.42. The Labute approximate surface area is 193 Å². The number of halogens is 2. The van der Waals surface area contributed by atoms with E-state index < -0.39 is 40.5 Å². The molecular formula is C18H9Cl2N2O8PS. The zero-order valence-corrected chi connectivity index (χ0v) is 18.7. The van der Waals surface area contributed by atoms with Crippen molar-refractivity contribution in [2.24, 2.45) is 0 Å². The van der Waals surface area contributed by atoms with Gasteiger partial charge in [0.15, 0.2) is 0 Å². The van der Waals surface area contributed by atoms with Crippen LogP contribution in [0.5, 0.6) is 17.2 Å². The first-order valence-corrected chi connectivity index (χ1v) is 11.6. The first-order chi connectivity index (χ1) is 15.1. The van der Waals surface area contributed by atoms with E-state index in [1.54, 1.807) is 18.2 Å². The molecule has 1 heterocycles. The average Bonchev–Trinajstić information content (AvgIpc) is 2.71. The van der Waals surface area contributed by atoms with Crippen LogP contribution in [0.2, 0.25) is 10.0 Å². The number of para-hydroxylation sites is 1. The largest absolute Gasteiger partial charge is 0.647 e. The summed E-state index contributed by atoms with van der Waals surface area (Å²) in [5.74, 6) is -0.825. The van der Waals surface area contributed by atoms with E-state index in [9.17, 15) is 24.8 Å². The fraction of sp³-hybridized carbons (Fsp3) is 0. The number of nitro groups is 2. The summed E-state index contributed by atoms with van der Waals surface area (Å²) in [4.78, 5) is 21.8. The van der Waals surface area contributed by atoms with Crippen LogP contribution < -0.4 is 13.6 Å². The molecule has 0 saturated heterocycles. The summed E-state index contributed by atoms with van der Waals surface area (Å²) in [7, 11) is -4.74. The third-order valence-electron chi connectivity index (χ3n) is 3.98. The van der Waals surface area contributed by atoms with Crippen molar-refractivity contribution in [2.75, 3.05) is 0 Å². The van der Waals surface area contributed by atoms with Gasteiger partial charge in [-0.3, -0.25) is 20.2 Å². The lowest BCUT2D eigenvalue weighted by Crippen LogP contribution is -2.12. The molecule has 0 unspecified atom stereocenters. The minimum atomic E-state index is -4.74. The Balaban J connectivity index is 1.98. The Bertz CT molecular complexity index is 1230. The number of rotatable bonds is 4. The van der Waals surface area contributed by atoms with E-state index in [0.29, 0.717) is 0 Å². The molecule has 0 atom stereocenters. The fourth-order valence-corrected chi connectivity index (χ4v) is 5.81. The number of benzene rings is 3. The van der Waals surface area contributed by atoms with Gasteiger partial charge in [0.1, 0.15) is 5.75 Å². The standard InChI is InChI=1S/C18H9Cl2N2O8PS/c19-10-6-13(21(23)24)17-15(8-10)32-16-9-11(20)7-14(22(25)26)18(16)30-31(27,29-17)28-12-4-2-1-3-5-12/h1-9H. The molecule has 4 rings (SSSR count). The molecule has 0 fully saturated rings. The minimum absolute atomic E-state index is 0.00932. The summed E-state index contributed by atoms with van der Waals surface area (Å²) in [5.41, 5.74) is -1.19. The summed E-state index contributed by atoms with van der Waals surface area (Å²) < 4.78 is 29.9. The molecule has 10 nitrogen and oxygen atoms in total. The Morgan fingerprint density at radius 1 is 0.844 bits per heavy atom. The van der Waals surface area contributed by atoms with Crippen LogP contribution in [-0.4, -0.2) is 9.85 Å². The summed E-state index contributed by atoms with van der Waals surface area (Å²) >= 11 is 12.9.